The van der Waals surface area contributed by atoms with Crippen molar-refractivity contribution in [3.05, 3.63) is 45.6 Å². The Morgan fingerprint density at radius 1 is 1.53 bits per heavy atom. The molecule has 1 aromatic heterocycles. The van der Waals surface area contributed by atoms with E-state index in [9.17, 15) is 14.9 Å². The molecule has 8 heteroatoms. The van der Waals surface area contributed by atoms with Gasteiger partial charge in [0.25, 0.3) is 0 Å². The lowest BCUT2D eigenvalue weighted by atomic mass is 10.1. The van der Waals surface area contributed by atoms with Gasteiger partial charge in [0.15, 0.2) is 0 Å². The van der Waals surface area contributed by atoms with Crippen LogP contribution in [-0.2, 0) is 0 Å². The number of nitro benzene ring substituents is 1. The third kappa shape index (κ3) is 2.51. The maximum atomic E-state index is 11.0. The predicted molar refractivity (Wildman–Crippen MR) is 63.5 cm³/mol. The van der Waals surface area contributed by atoms with Gasteiger partial charge in [-0.15, -0.1) is 5.10 Å². The number of carbonyl (C=O) groups is 1. The molecule has 0 aliphatic heterocycles. The minimum atomic E-state index is -1.39. The van der Waals surface area contributed by atoms with Crippen LogP contribution in [0.3, 0.4) is 0 Å². The van der Waals surface area contributed by atoms with Gasteiger partial charge in [-0.3, -0.25) is 15.2 Å². The number of benzene rings is 1. The lowest BCUT2D eigenvalue weighted by Crippen LogP contribution is -2.04. The van der Waals surface area contributed by atoms with Crippen LogP contribution in [0.4, 0.5) is 5.69 Å². The molecule has 0 saturated heterocycles. The van der Waals surface area contributed by atoms with Gasteiger partial charge in [0, 0.05) is 11.8 Å². The van der Waals surface area contributed by atoms with E-state index in [1.54, 1.807) is 6.92 Å². The highest BCUT2D eigenvalue weighted by Gasteiger charge is 2.26. The SMILES string of the molecule is Cc1cc(Oc2cccc(C(=O)O)c2[N+](=O)[O-])n[nH]1. The fraction of sp³-hybridized carbons (Fsp3) is 0.0909. The van der Waals surface area contributed by atoms with Gasteiger partial charge in [0.05, 0.1) is 4.92 Å². The Bertz CT molecular complexity index is 650. The second-order valence-electron chi connectivity index (χ2n) is 3.71. The van der Waals surface area contributed by atoms with Crippen LogP contribution >= 0.6 is 0 Å². The molecule has 1 heterocycles. The van der Waals surface area contributed by atoms with Crippen molar-refractivity contribution in [2.45, 2.75) is 6.92 Å². The van der Waals surface area contributed by atoms with Crippen molar-refractivity contribution in [2.75, 3.05) is 0 Å². The van der Waals surface area contributed by atoms with Crippen LogP contribution in [-0.4, -0.2) is 26.2 Å². The molecule has 0 saturated carbocycles. The third-order valence-corrected chi connectivity index (χ3v) is 2.31. The average Bonchev–Trinajstić information content (AvgIpc) is 2.74. The maximum Gasteiger partial charge on any atom is 0.342 e. The van der Waals surface area contributed by atoms with E-state index in [1.807, 2.05) is 0 Å². The molecule has 98 valence electrons. The molecule has 1 aromatic carbocycles. The number of hydrogen-bond acceptors (Lipinski definition) is 5. The second kappa shape index (κ2) is 4.77. The van der Waals surface area contributed by atoms with E-state index in [-0.39, 0.29) is 11.6 Å². The van der Waals surface area contributed by atoms with Crippen molar-refractivity contribution in [3.8, 4) is 11.6 Å². The number of aromatic carboxylic acids is 1. The number of nitrogens with one attached hydrogen (secondary N) is 1. The van der Waals surface area contributed by atoms with Crippen LogP contribution in [0.1, 0.15) is 16.1 Å². The number of para-hydroxylation sites is 1. The van der Waals surface area contributed by atoms with Crippen LogP contribution in [0.2, 0.25) is 0 Å². The summed E-state index contributed by atoms with van der Waals surface area (Å²) in [6.07, 6.45) is 0. The lowest BCUT2D eigenvalue weighted by molar-refractivity contribution is -0.386. The first-order valence-electron chi connectivity index (χ1n) is 5.19. The van der Waals surface area contributed by atoms with Crippen molar-refractivity contribution in [3.63, 3.8) is 0 Å². The molecular weight excluding hydrogens is 254 g/mol. The summed E-state index contributed by atoms with van der Waals surface area (Å²) in [5.41, 5.74) is -0.322. The van der Waals surface area contributed by atoms with Gasteiger partial charge in [-0.05, 0) is 19.1 Å². The summed E-state index contributed by atoms with van der Waals surface area (Å²) in [5, 5.41) is 26.3. The Balaban J connectivity index is 2.47. The summed E-state index contributed by atoms with van der Waals surface area (Å²) >= 11 is 0. The van der Waals surface area contributed by atoms with Crippen molar-refractivity contribution in [1.82, 2.24) is 10.2 Å². The third-order valence-electron chi connectivity index (χ3n) is 2.31. The quantitative estimate of drug-likeness (QED) is 0.644. The van der Waals surface area contributed by atoms with Gasteiger partial charge in [0.1, 0.15) is 5.56 Å². The molecule has 0 amide bonds. The Morgan fingerprint density at radius 2 is 2.26 bits per heavy atom. The van der Waals surface area contributed by atoms with Crippen LogP contribution in [0, 0.1) is 17.0 Å². The molecular formula is C11H9N3O5. The summed E-state index contributed by atoms with van der Waals surface area (Å²) in [5.74, 6) is -1.44. The smallest absolute Gasteiger partial charge is 0.342 e. The number of aryl methyl sites for hydroxylation is 1. The fourth-order valence-electron chi connectivity index (χ4n) is 1.52. The van der Waals surface area contributed by atoms with E-state index < -0.39 is 22.1 Å². The number of aromatic nitrogens is 2. The summed E-state index contributed by atoms with van der Waals surface area (Å²) in [4.78, 5) is 21.1. The zero-order valence-electron chi connectivity index (χ0n) is 9.78. The molecule has 2 N–H and O–H groups in total. The van der Waals surface area contributed by atoms with Gasteiger partial charge in [-0.2, -0.15) is 0 Å². The number of aromatic amines is 1. The maximum absolute atomic E-state index is 11.0. The molecule has 2 aromatic rings. The number of nitrogens with zero attached hydrogens (tertiary/aromatic N) is 2. The Hall–Kier alpha value is -2.90. The molecule has 0 fully saturated rings. The van der Waals surface area contributed by atoms with Crippen molar-refractivity contribution in [2.24, 2.45) is 0 Å². The zero-order chi connectivity index (χ0) is 14.0. The molecule has 0 atom stereocenters. The number of rotatable bonds is 4. The van der Waals surface area contributed by atoms with E-state index in [2.05, 4.69) is 10.2 Å². The number of hydrogen-bond donors (Lipinski definition) is 2. The minimum Gasteiger partial charge on any atom is -0.477 e. The number of ether oxygens (including phenoxy) is 1. The monoisotopic (exact) mass is 263 g/mol. The second-order valence-corrected chi connectivity index (χ2v) is 3.71. The highest BCUT2D eigenvalue weighted by molar-refractivity contribution is 5.93. The summed E-state index contributed by atoms with van der Waals surface area (Å²) in [6.45, 7) is 1.74. The van der Waals surface area contributed by atoms with E-state index >= 15 is 0 Å². The van der Waals surface area contributed by atoms with Crippen LogP contribution in [0.5, 0.6) is 11.6 Å². The zero-order valence-corrected chi connectivity index (χ0v) is 9.78. The molecule has 0 radical (unpaired) electrons. The standard InChI is InChI=1S/C11H9N3O5/c1-6-5-9(13-12-6)19-8-4-2-3-7(11(15)16)10(8)14(17)18/h2-5H,1H3,(H,12,13)(H,15,16). The van der Waals surface area contributed by atoms with Crippen LogP contribution < -0.4 is 4.74 Å². The van der Waals surface area contributed by atoms with Gasteiger partial charge in [-0.25, -0.2) is 4.79 Å². The van der Waals surface area contributed by atoms with Gasteiger partial charge in [0.2, 0.25) is 11.6 Å². The van der Waals surface area contributed by atoms with E-state index in [0.29, 0.717) is 5.69 Å². The highest BCUT2D eigenvalue weighted by Crippen LogP contribution is 2.33. The summed E-state index contributed by atoms with van der Waals surface area (Å²) < 4.78 is 5.24. The first kappa shape index (κ1) is 12.6. The normalized spacial score (nSPS) is 10.2. The Kier molecular flexibility index (Phi) is 3.15. The Labute approximate surface area is 106 Å². The molecule has 2 rings (SSSR count). The highest BCUT2D eigenvalue weighted by atomic mass is 16.6. The van der Waals surface area contributed by atoms with Gasteiger partial charge >= 0.3 is 11.7 Å². The predicted octanol–water partition coefficient (Wildman–Crippen LogP) is 2.12. The number of carboxylic acid groups (broad SMARTS) is 1. The lowest BCUT2D eigenvalue weighted by Gasteiger charge is -2.04. The van der Waals surface area contributed by atoms with Crippen molar-refractivity contribution < 1.29 is 19.6 Å². The summed E-state index contributed by atoms with van der Waals surface area (Å²) in [6, 6.07) is 5.36. The number of carboxylic acids is 1. The van der Waals surface area contributed by atoms with Crippen LogP contribution in [0.25, 0.3) is 0 Å². The molecule has 0 aliphatic rings. The number of nitro groups is 1. The molecule has 8 nitrogen and oxygen atoms in total. The van der Waals surface area contributed by atoms with E-state index in [4.69, 9.17) is 9.84 Å². The molecule has 0 aliphatic carbocycles. The fourth-order valence-corrected chi connectivity index (χ4v) is 1.52. The minimum absolute atomic E-state index is 0.128. The molecule has 0 bridgehead atoms. The van der Waals surface area contributed by atoms with Crippen LogP contribution in [0.15, 0.2) is 24.3 Å². The number of H-pyrrole nitrogens is 1. The van der Waals surface area contributed by atoms with Gasteiger partial charge in [-0.1, -0.05) is 6.07 Å². The van der Waals surface area contributed by atoms with E-state index in [0.717, 1.165) is 6.07 Å². The average molecular weight is 263 g/mol. The van der Waals surface area contributed by atoms with E-state index in [1.165, 1.54) is 18.2 Å². The first-order chi connectivity index (χ1) is 8.99. The molecule has 0 spiro atoms. The van der Waals surface area contributed by atoms with Gasteiger partial charge < -0.3 is 9.84 Å². The Morgan fingerprint density at radius 3 is 2.79 bits per heavy atom. The summed E-state index contributed by atoms with van der Waals surface area (Å²) in [7, 11) is 0. The van der Waals surface area contributed by atoms with Crippen molar-refractivity contribution >= 4 is 11.7 Å². The molecule has 19 heavy (non-hydrogen) atoms. The molecule has 0 unspecified atom stereocenters. The topological polar surface area (TPSA) is 118 Å². The van der Waals surface area contributed by atoms with Crippen molar-refractivity contribution in [1.29, 1.82) is 0 Å². The largest absolute Gasteiger partial charge is 0.477 e. The first-order valence-corrected chi connectivity index (χ1v) is 5.19.